The number of rotatable bonds is 8. The zero-order chi connectivity index (χ0) is 16.8. The minimum Gasteiger partial charge on any atom is -0.388 e. The molecule has 0 spiro atoms. The largest absolute Gasteiger partial charge is 0.388 e. The minimum absolute atomic E-state index is 0.0528. The van der Waals surface area contributed by atoms with Gasteiger partial charge in [0.2, 0.25) is 0 Å². The van der Waals surface area contributed by atoms with E-state index < -0.39 is 22.1 Å². The Morgan fingerprint density at radius 3 is 2.45 bits per heavy atom. The number of nitro benzene ring substituents is 1. The van der Waals surface area contributed by atoms with Gasteiger partial charge in [0.15, 0.2) is 0 Å². The molecule has 1 aromatic rings. The summed E-state index contributed by atoms with van der Waals surface area (Å²) in [6.07, 6.45) is 2.67. The van der Waals surface area contributed by atoms with Gasteiger partial charge in [-0.15, -0.1) is 0 Å². The Morgan fingerprint density at radius 2 is 1.95 bits per heavy atom. The Balaban J connectivity index is 2.90. The lowest BCUT2D eigenvalue weighted by Crippen LogP contribution is -2.43. The van der Waals surface area contributed by atoms with Crippen LogP contribution in [0.2, 0.25) is 5.02 Å². The summed E-state index contributed by atoms with van der Waals surface area (Å²) in [7, 11) is 0. The van der Waals surface area contributed by atoms with Crippen LogP contribution >= 0.6 is 11.6 Å². The maximum atomic E-state index is 12.2. The van der Waals surface area contributed by atoms with Crippen molar-refractivity contribution in [2.24, 2.45) is 0 Å². The van der Waals surface area contributed by atoms with Gasteiger partial charge in [0.25, 0.3) is 5.91 Å². The molecule has 0 atom stereocenters. The highest BCUT2D eigenvalue weighted by atomic mass is 35.5. The Bertz CT molecular complexity index is 542. The van der Waals surface area contributed by atoms with Gasteiger partial charge in [-0.3, -0.25) is 14.9 Å². The first-order valence-corrected chi connectivity index (χ1v) is 7.66. The van der Waals surface area contributed by atoms with Crippen LogP contribution in [0.15, 0.2) is 18.2 Å². The van der Waals surface area contributed by atoms with Gasteiger partial charge in [-0.2, -0.15) is 0 Å². The number of amides is 1. The maximum Gasteiger partial charge on any atom is 0.300 e. The number of nitro groups is 1. The summed E-state index contributed by atoms with van der Waals surface area (Å²) in [6.45, 7) is 3.95. The smallest absolute Gasteiger partial charge is 0.300 e. The van der Waals surface area contributed by atoms with Gasteiger partial charge in [0.1, 0.15) is 10.6 Å². The fourth-order valence-electron chi connectivity index (χ4n) is 2.46. The SMILES string of the molecule is CCCC(O)(CCC)CNC(=O)c1cccc(Cl)c1[N+](=O)[O-]. The topological polar surface area (TPSA) is 92.5 Å². The van der Waals surface area contributed by atoms with Crippen molar-refractivity contribution < 1.29 is 14.8 Å². The average Bonchev–Trinajstić information content (AvgIpc) is 2.44. The van der Waals surface area contributed by atoms with Crippen LogP contribution in [0.1, 0.15) is 49.9 Å². The first-order valence-electron chi connectivity index (χ1n) is 7.28. The summed E-state index contributed by atoms with van der Waals surface area (Å²) in [6, 6.07) is 4.19. The summed E-state index contributed by atoms with van der Waals surface area (Å²) in [4.78, 5) is 22.6. The third kappa shape index (κ3) is 4.68. The Hall–Kier alpha value is -1.66. The van der Waals surface area contributed by atoms with E-state index in [9.17, 15) is 20.0 Å². The number of carbonyl (C=O) groups excluding carboxylic acids is 1. The van der Waals surface area contributed by atoms with E-state index in [0.717, 1.165) is 12.8 Å². The average molecular weight is 329 g/mol. The summed E-state index contributed by atoms with van der Waals surface area (Å²) < 4.78 is 0. The predicted octanol–water partition coefficient (Wildman–Crippen LogP) is 3.31. The molecule has 0 saturated carbocycles. The van der Waals surface area contributed by atoms with Crippen molar-refractivity contribution in [2.45, 2.75) is 45.1 Å². The molecule has 0 aliphatic heterocycles. The molecule has 1 aromatic carbocycles. The first-order chi connectivity index (χ1) is 10.3. The number of nitrogens with zero attached hydrogens (tertiary/aromatic N) is 1. The molecule has 0 saturated heterocycles. The van der Waals surface area contributed by atoms with Gasteiger partial charge < -0.3 is 10.4 Å². The van der Waals surface area contributed by atoms with Gasteiger partial charge in [-0.25, -0.2) is 0 Å². The Kier molecular flexibility index (Phi) is 6.77. The van der Waals surface area contributed by atoms with Crippen LogP contribution in [-0.2, 0) is 0 Å². The van der Waals surface area contributed by atoms with E-state index in [1.807, 2.05) is 13.8 Å². The minimum atomic E-state index is -0.994. The summed E-state index contributed by atoms with van der Waals surface area (Å²) in [5.74, 6) is -0.611. The number of nitrogens with one attached hydrogen (secondary N) is 1. The number of hydrogen-bond donors (Lipinski definition) is 2. The van der Waals surface area contributed by atoms with Crippen molar-refractivity contribution in [1.29, 1.82) is 0 Å². The van der Waals surface area contributed by atoms with E-state index in [4.69, 9.17) is 11.6 Å². The molecular formula is C15H21ClN2O4. The second kappa shape index (κ2) is 8.10. The van der Waals surface area contributed by atoms with Crippen LogP contribution in [0.4, 0.5) is 5.69 Å². The Morgan fingerprint density at radius 1 is 1.36 bits per heavy atom. The standard InChI is InChI=1S/C15H21ClN2O4/c1-3-8-15(20,9-4-2)10-17-14(19)11-6-5-7-12(16)13(11)18(21)22/h5-7,20H,3-4,8-10H2,1-2H3,(H,17,19). The van der Waals surface area contributed by atoms with E-state index in [-0.39, 0.29) is 17.1 Å². The van der Waals surface area contributed by atoms with Gasteiger partial charge >= 0.3 is 5.69 Å². The van der Waals surface area contributed by atoms with Crippen LogP contribution in [0, 0.1) is 10.1 Å². The molecule has 1 rings (SSSR count). The van der Waals surface area contributed by atoms with Crippen LogP contribution < -0.4 is 5.32 Å². The number of para-hydroxylation sites is 1. The quantitative estimate of drug-likeness (QED) is 0.565. The summed E-state index contributed by atoms with van der Waals surface area (Å²) >= 11 is 5.79. The van der Waals surface area contributed by atoms with E-state index >= 15 is 0 Å². The first kappa shape index (κ1) is 18.4. The van der Waals surface area contributed by atoms with Crippen LogP contribution in [-0.4, -0.2) is 28.1 Å². The van der Waals surface area contributed by atoms with Crippen LogP contribution in [0.5, 0.6) is 0 Å². The van der Waals surface area contributed by atoms with Crippen molar-refractivity contribution in [3.05, 3.63) is 38.9 Å². The van der Waals surface area contributed by atoms with Crippen molar-refractivity contribution in [1.82, 2.24) is 5.32 Å². The van der Waals surface area contributed by atoms with Crippen LogP contribution in [0.25, 0.3) is 0 Å². The molecule has 0 fully saturated rings. The van der Waals surface area contributed by atoms with Gasteiger partial charge in [-0.1, -0.05) is 44.4 Å². The molecule has 22 heavy (non-hydrogen) atoms. The normalized spacial score (nSPS) is 11.3. The molecule has 7 heteroatoms. The van der Waals surface area contributed by atoms with Crippen molar-refractivity contribution in [2.75, 3.05) is 6.54 Å². The zero-order valence-corrected chi connectivity index (χ0v) is 13.5. The van der Waals surface area contributed by atoms with Gasteiger partial charge in [0.05, 0.1) is 10.5 Å². The third-order valence-corrected chi connectivity index (χ3v) is 3.73. The summed E-state index contributed by atoms with van der Waals surface area (Å²) in [5.41, 5.74) is -1.52. The van der Waals surface area contributed by atoms with Crippen molar-refractivity contribution in [3.63, 3.8) is 0 Å². The van der Waals surface area contributed by atoms with E-state index in [0.29, 0.717) is 12.8 Å². The highest BCUT2D eigenvalue weighted by molar-refractivity contribution is 6.33. The Labute approximate surface area is 134 Å². The molecule has 0 aliphatic rings. The molecule has 0 bridgehead atoms. The predicted molar refractivity (Wildman–Crippen MR) is 85.2 cm³/mol. The van der Waals surface area contributed by atoms with Crippen molar-refractivity contribution >= 4 is 23.2 Å². The molecule has 0 aliphatic carbocycles. The molecule has 0 unspecified atom stereocenters. The number of hydrogen-bond acceptors (Lipinski definition) is 4. The molecule has 6 nitrogen and oxygen atoms in total. The fraction of sp³-hybridized carbons (Fsp3) is 0.533. The van der Waals surface area contributed by atoms with E-state index in [1.165, 1.54) is 18.2 Å². The molecule has 1 amide bonds. The monoisotopic (exact) mass is 328 g/mol. The second-order valence-corrected chi connectivity index (χ2v) is 5.71. The molecule has 2 N–H and O–H groups in total. The summed E-state index contributed by atoms with van der Waals surface area (Å²) in [5, 5.41) is 24.0. The molecular weight excluding hydrogens is 308 g/mol. The molecule has 0 radical (unpaired) electrons. The van der Waals surface area contributed by atoms with E-state index in [2.05, 4.69) is 5.32 Å². The van der Waals surface area contributed by atoms with E-state index in [1.54, 1.807) is 0 Å². The van der Waals surface area contributed by atoms with Gasteiger partial charge in [-0.05, 0) is 25.0 Å². The van der Waals surface area contributed by atoms with Gasteiger partial charge in [0, 0.05) is 6.54 Å². The fourth-order valence-corrected chi connectivity index (χ4v) is 2.70. The highest BCUT2D eigenvalue weighted by Gasteiger charge is 2.28. The molecule has 0 heterocycles. The van der Waals surface area contributed by atoms with Crippen LogP contribution in [0.3, 0.4) is 0 Å². The lowest BCUT2D eigenvalue weighted by molar-refractivity contribution is -0.385. The molecule has 122 valence electrons. The maximum absolute atomic E-state index is 12.2. The zero-order valence-electron chi connectivity index (χ0n) is 12.8. The second-order valence-electron chi connectivity index (χ2n) is 5.30. The molecule has 0 aromatic heterocycles. The lowest BCUT2D eigenvalue weighted by atomic mass is 9.92. The number of carbonyl (C=O) groups is 1. The number of aliphatic hydroxyl groups is 1. The highest BCUT2D eigenvalue weighted by Crippen LogP contribution is 2.28. The van der Waals surface area contributed by atoms with Crippen molar-refractivity contribution in [3.8, 4) is 0 Å². The number of benzene rings is 1. The third-order valence-electron chi connectivity index (χ3n) is 3.42. The lowest BCUT2D eigenvalue weighted by Gasteiger charge is -2.27. The number of halogens is 1.